The molecule has 2 aromatic carbocycles. The van der Waals surface area contributed by atoms with Gasteiger partial charge in [-0.05, 0) is 40.2 Å². The van der Waals surface area contributed by atoms with E-state index in [2.05, 4.69) is 124 Å². The molecule has 3 heterocycles. The topological polar surface area (TPSA) is 24.4 Å². The standard InChI is InChI=1S/C33H32N2S3/c1-20(2)27-18-25(21-12-8-6-9-13-21)31(36-27)23-16-17-24(30-29(23)34-38-35-30)32-26(22-14-10-7-11-15-22)19-28(37-32)33(3,4)5/h6-20,30,35H,1-5H3. The molecule has 0 fully saturated rings. The smallest absolute Gasteiger partial charge is 0.0887 e. The van der Waals surface area contributed by atoms with Gasteiger partial charge in [-0.2, -0.15) is 0 Å². The average molecular weight is 553 g/mol. The van der Waals surface area contributed by atoms with Crippen molar-refractivity contribution in [2.24, 2.45) is 4.40 Å². The van der Waals surface area contributed by atoms with E-state index in [9.17, 15) is 0 Å². The van der Waals surface area contributed by atoms with E-state index in [1.54, 1.807) is 0 Å². The average Bonchev–Trinajstić information content (AvgIpc) is 3.67. The molecule has 1 aliphatic heterocycles. The summed E-state index contributed by atoms with van der Waals surface area (Å²) in [7, 11) is 0. The van der Waals surface area contributed by atoms with E-state index in [-0.39, 0.29) is 11.5 Å². The van der Waals surface area contributed by atoms with Crippen molar-refractivity contribution < 1.29 is 0 Å². The van der Waals surface area contributed by atoms with Crippen LogP contribution in [0.15, 0.2) is 89.3 Å². The van der Waals surface area contributed by atoms with E-state index in [1.807, 2.05) is 22.7 Å². The van der Waals surface area contributed by atoms with Crippen molar-refractivity contribution in [2.45, 2.75) is 52.0 Å². The largest absolute Gasteiger partial charge is 0.231 e. The van der Waals surface area contributed by atoms with Crippen molar-refractivity contribution in [1.29, 1.82) is 0 Å². The number of benzene rings is 2. The van der Waals surface area contributed by atoms with E-state index in [0.29, 0.717) is 5.92 Å². The predicted octanol–water partition coefficient (Wildman–Crippen LogP) is 10.0. The van der Waals surface area contributed by atoms with Crippen molar-refractivity contribution >= 4 is 51.7 Å². The van der Waals surface area contributed by atoms with Gasteiger partial charge in [0.1, 0.15) is 0 Å². The summed E-state index contributed by atoms with van der Waals surface area (Å²) in [6, 6.07) is 26.4. The number of rotatable bonds is 5. The SMILES string of the molecule is CC(C)c1cc(-c2ccccc2)c(C2=CC=C(c3sc(C(C)(C)C)cc3-c3ccccc3)C3NSN=C23)s1. The first-order valence-electron chi connectivity index (χ1n) is 13.1. The molecule has 0 bridgehead atoms. The van der Waals surface area contributed by atoms with Gasteiger partial charge in [0, 0.05) is 36.2 Å². The molecule has 2 aromatic heterocycles. The van der Waals surface area contributed by atoms with Gasteiger partial charge in [0.05, 0.1) is 23.9 Å². The van der Waals surface area contributed by atoms with Gasteiger partial charge in [-0.3, -0.25) is 0 Å². The van der Waals surface area contributed by atoms with Crippen molar-refractivity contribution in [1.82, 2.24) is 4.72 Å². The Morgan fingerprint density at radius 2 is 1.42 bits per heavy atom. The Morgan fingerprint density at radius 1 is 0.789 bits per heavy atom. The van der Waals surface area contributed by atoms with Crippen LogP contribution in [-0.4, -0.2) is 11.8 Å². The lowest BCUT2D eigenvalue weighted by atomic mass is 9.86. The number of nitrogens with one attached hydrogen (secondary N) is 1. The van der Waals surface area contributed by atoms with Crippen LogP contribution in [0.3, 0.4) is 0 Å². The van der Waals surface area contributed by atoms with Crippen molar-refractivity contribution in [3.8, 4) is 22.3 Å². The van der Waals surface area contributed by atoms with Gasteiger partial charge >= 0.3 is 0 Å². The Morgan fingerprint density at radius 3 is 2.03 bits per heavy atom. The second kappa shape index (κ2) is 10.1. The van der Waals surface area contributed by atoms with E-state index < -0.39 is 0 Å². The molecule has 0 radical (unpaired) electrons. The van der Waals surface area contributed by atoms with Crippen LogP contribution in [0.4, 0.5) is 0 Å². The third-order valence-corrected chi connectivity index (χ3v) is 10.8. The monoisotopic (exact) mass is 552 g/mol. The number of nitrogens with zero attached hydrogens (tertiary/aromatic N) is 1. The van der Waals surface area contributed by atoms with E-state index in [4.69, 9.17) is 4.40 Å². The summed E-state index contributed by atoms with van der Waals surface area (Å²) in [4.78, 5) is 5.46. The molecule has 0 amide bonds. The van der Waals surface area contributed by atoms with Crippen LogP contribution < -0.4 is 4.72 Å². The highest BCUT2D eigenvalue weighted by molar-refractivity contribution is 7.96. The molecule has 1 atom stereocenters. The zero-order chi connectivity index (χ0) is 26.4. The molecule has 4 aromatic rings. The first kappa shape index (κ1) is 25.6. The minimum atomic E-state index is 0.0575. The Balaban J connectivity index is 1.52. The zero-order valence-electron chi connectivity index (χ0n) is 22.4. The molecule has 1 unspecified atom stereocenters. The normalized spacial score (nSPS) is 17.3. The lowest BCUT2D eigenvalue weighted by Gasteiger charge is -2.23. The van der Waals surface area contributed by atoms with Crippen LogP contribution in [0.1, 0.15) is 60.0 Å². The summed E-state index contributed by atoms with van der Waals surface area (Å²) < 4.78 is 8.60. The highest BCUT2D eigenvalue weighted by Crippen LogP contribution is 2.47. The van der Waals surface area contributed by atoms with Crippen LogP contribution >= 0.6 is 34.8 Å². The number of allylic oxidation sites excluding steroid dienone is 2. The zero-order valence-corrected chi connectivity index (χ0v) is 24.9. The quantitative estimate of drug-likeness (QED) is 0.249. The molecule has 6 rings (SSSR count). The fourth-order valence-electron chi connectivity index (χ4n) is 4.94. The van der Waals surface area contributed by atoms with Crippen LogP contribution in [0.25, 0.3) is 33.4 Å². The molecular weight excluding hydrogens is 521 g/mol. The maximum atomic E-state index is 4.96. The van der Waals surface area contributed by atoms with E-state index >= 15 is 0 Å². The molecule has 1 N–H and O–H groups in total. The van der Waals surface area contributed by atoms with Crippen molar-refractivity contribution in [3.63, 3.8) is 0 Å². The first-order chi connectivity index (χ1) is 18.3. The Labute approximate surface area is 238 Å². The third-order valence-electron chi connectivity index (χ3n) is 7.07. The summed E-state index contributed by atoms with van der Waals surface area (Å²) in [5.74, 6) is 0.482. The molecule has 38 heavy (non-hydrogen) atoms. The second-order valence-electron chi connectivity index (χ2n) is 11.2. The molecular formula is C33H32N2S3. The van der Waals surface area contributed by atoms with Gasteiger partial charge in [-0.25, -0.2) is 9.12 Å². The molecule has 0 spiro atoms. The summed E-state index contributed by atoms with van der Waals surface area (Å²) in [5, 5.41) is 0. The highest BCUT2D eigenvalue weighted by atomic mass is 32.2. The number of hydrogen-bond donors (Lipinski definition) is 1. The minimum Gasteiger partial charge on any atom is -0.231 e. The molecule has 2 nitrogen and oxygen atoms in total. The van der Waals surface area contributed by atoms with Gasteiger partial charge in [0.25, 0.3) is 0 Å². The lowest BCUT2D eigenvalue weighted by Crippen LogP contribution is -2.31. The number of thiophene rings is 2. The van der Waals surface area contributed by atoms with Crippen LogP contribution in [-0.2, 0) is 5.41 Å². The van der Waals surface area contributed by atoms with Crippen LogP contribution in [0.5, 0.6) is 0 Å². The minimum absolute atomic E-state index is 0.0575. The lowest BCUT2D eigenvalue weighted by molar-refractivity contribution is 0.604. The summed E-state index contributed by atoms with van der Waals surface area (Å²) >= 11 is 5.30. The van der Waals surface area contributed by atoms with Crippen molar-refractivity contribution in [2.75, 3.05) is 0 Å². The Hall–Kier alpha value is -2.70. The molecule has 0 saturated heterocycles. The Bertz CT molecular complexity index is 1560. The molecule has 5 heteroatoms. The van der Waals surface area contributed by atoms with Gasteiger partial charge in [-0.15, -0.1) is 22.7 Å². The van der Waals surface area contributed by atoms with Gasteiger partial charge in [0.15, 0.2) is 0 Å². The van der Waals surface area contributed by atoms with E-state index in [1.165, 1.54) is 65.0 Å². The molecule has 192 valence electrons. The summed E-state index contributed by atoms with van der Waals surface area (Å²) in [6.45, 7) is 11.5. The summed E-state index contributed by atoms with van der Waals surface area (Å²) in [6.07, 6.45) is 4.65. The van der Waals surface area contributed by atoms with E-state index in [0.717, 1.165) is 5.71 Å². The highest BCUT2D eigenvalue weighted by Gasteiger charge is 2.36. The van der Waals surface area contributed by atoms with Crippen molar-refractivity contribution in [3.05, 3.63) is 104 Å². The second-order valence-corrected chi connectivity index (χ2v) is 13.9. The number of fused-ring (bicyclic) bond motifs is 1. The molecule has 2 aliphatic rings. The van der Waals surface area contributed by atoms with Gasteiger partial charge in [0.2, 0.25) is 0 Å². The molecule has 0 saturated carbocycles. The fourth-order valence-corrected chi connectivity index (χ4v) is 8.15. The third kappa shape index (κ3) is 4.66. The molecule has 1 aliphatic carbocycles. The van der Waals surface area contributed by atoms with Crippen LogP contribution in [0.2, 0.25) is 0 Å². The van der Waals surface area contributed by atoms with Gasteiger partial charge in [-0.1, -0.05) is 107 Å². The Kier molecular flexibility index (Phi) is 6.81. The maximum absolute atomic E-state index is 4.96. The maximum Gasteiger partial charge on any atom is 0.0887 e. The summed E-state index contributed by atoms with van der Waals surface area (Å²) in [5.41, 5.74) is 8.90. The van der Waals surface area contributed by atoms with Crippen LogP contribution in [0, 0.1) is 0 Å². The number of hydrogen-bond acceptors (Lipinski definition) is 5. The fraction of sp³-hybridized carbons (Fsp3) is 0.242. The first-order valence-corrected chi connectivity index (χ1v) is 15.5. The predicted molar refractivity (Wildman–Crippen MR) is 170 cm³/mol. The van der Waals surface area contributed by atoms with Gasteiger partial charge < -0.3 is 0 Å².